The van der Waals surface area contributed by atoms with Crippen LogP contribution in [0, 0.1) is 0 Å². The molecular formula is C12H10N6O. The zero-order valence-corrected chi connectivity index (χ0v) is 9.79. The number of hydrogen-bond donors (Lipinski definition) is 3. The van der Waals surface area contributed by atoms with Crippen LogP contribution >= 0.6 is 0 Å². The van der Waals surface area contributed by atoms with E-state index in [1.165, 1.54) is 6.33 Å². The van der Waals surface area contributed by atoms with Crippen molar-refractivity contribution in [3.05, 3.63) is 48.4 Å². The average molecular weight is 254 g/mol. The van der Waals surface area contributed by atoms with E-state index in [0.717, 1.165) is 0 Å². The molecule has 0 aliphatic rings. The monoisotopic (exact) mass is 254 g/mol. The lowest BCUT2D eigenvalue weighted by molar-refractivity contribution is 0.102. The van der Waals surface area contributed by atoms with Gasteiger partial charge in [-0.25, -0.2) is 4.98 Å². The van der Waals surface area contributed by atoms with Crippen LogP contribution in [0.3, 0.4) is 0 Å². The normalized spacial score (nSPS) is 10.3. The summed E-state index contributed by atoms with van der Waals surface area (Å²) in [5.41, 5.74) is 1.20. The minimum atomic E-state index is -0.240. The van der Waals surface area contributed by atoms with Crippen LogP contribution in [0.25, 0.3) is 11.4 Å². The SMILES string of the molecule is O=C(Nc1ccn[nH]1)c1ccccc1-c1ncn[nH]1. The first-order chi connectivity index (χ1) is 9.34. The summed E-state index contributed by atoms with van der Waals surface area (Å²) in [6, 6.07) is 8.84. The first-order valence-corrected chi connectivity index (χ1v) is 5.60. The number of benzene rings is 1. The molecule has 19 heavy (non-hydrogen) atoms. The number of rotatable bonds is 3. The number of aromatic amines is 2. The van der Waals surface area contributed by atoms with Crippen LogP contribution in [-0.4, -0.2) is 31.3 Å². The van der Waals surface area contributed by atoms with E-state index in [9.17, 15) is 4.79 Å². The molecule has 2 heterocycles. The molecule has 0 unspecified atom stereocenters. The van der Waals surface area contributed by atoms with Crippen molar-refractivity contribution < 1.29 is 4.79 Å². The first-order valence-electron chi connectivity index (χ1n) is 5.60. The van der Waals surface area contributed by atoms with E-state index in [1.54, 1.807) is 24.4 Å². The van der Waals surface area contributed by atoms with Crippen LogP contribution in [0.1, 0.15) is 10.4 Å². The zero-order chi connectivity index (χ0) is 13.1. The van der Waals surface area contributed by atoms with Gasteiger partial charge in [0.2, 0.25) is 0 Å². The molecule has 0 fully saturated rings. The van der Waals surface area contributed by atoms with Crippen molar-refractivity contribution in [2.45, 2.75) is 0 Å². The summed E-state index contributed by atoms with van der Waals surface area (Å²) in [5, 5.41) is 15.7. The third-order valence-electron chi connectivity index (χ3n) is 2.59. The average Bonchev–Trinajstić information content (AvgIpc) is 3.11. The lowest BCUT2D eigenvalue weighted by Crippen LogP contribution is -2.13. The van der Waals surface area contributed by atoms with Crippen LogP contribution < -0.4 is 5.32 Å². The number of amides is 1. The summed E-state index contributed by atoms with van der Waals surface area (Å²) in [5.74, 6) is 0.851. The Morgan fingerprint density at radius 2 is 2.00 bits per heavy atom. The summed E-state index contributed by atoms with van der Waals surface area (Å²) >= 11 is 0. The summed E-state index contributed by atoms with van der Waals surface area (Å²) in [4.78, 5) is 16.3. The topological polar surface area (TPSA) is 99.3 Å². The van der Waals surface area contributed by atoms with Crippen LogP contribution in [0.5, 0.6) is 0 Å². The maximum Gasteiger partial charge on any atom is 0.257 e. The largest absolute Gasteiger partial charge is 0.307 e. The number of H-pyrrole nitrogens is 2. The molecule has 94 valence electrons. The number of nitrogens with one attached hydrogen (secondary N) is 3. The van der Waals surface area contributed by atoms with E-state index in [0.29, 0.717) is 22.8 Å². The fourth-order valence-electron chi connectivity index (χ4n) is 1.74. The van der Waals surface area contributed by atoms with Gasteiger partial charge < -0.3 is 5.32 Å². The standard InChI is InChI=1S/C12H10N6O/c19-12(16-10-5-6-14-17-10)9-4-2-1-3-8(9)11-13-7-15-18-11/h1-7H,(H,13,15,18)(H2,14,16,17,19). The van der Waals surface area contributed by atoms with Gasteiger partial charge in [-0.3, -0.25) is 15.0 Å². The van der Waals surface area contributed by atoms with Gasteiger partial charge >= 0.3 is 0 Å². The molecule has 0 atom stereocenters. The second kappa shape index (κ2) is 4.73. The van der Waals surface area contributed by atoms with Gasteiger partial charge in [0.15, 0.2) is 5.82 Å². The maximum atomic E-state index is 12.2. The van der Waals surface area contributed by atoms with Crippen molar-refractivity contribution in [2.24, 2.45) is 0 Å². The molecule has 7 heteroatoms. The van der Waals surface area contributed by atoms with Gasteiger partial charge in [-0.15, -0.1) is 0 Å². The predicted octanol–water partition coefficient (Wildman–Crippen LogP) is 1.45. The van der Waals surface area contributed by atoms with Crippen molar-refractivity contribution in [3.8, 4) is 11.4 Å². The molecule has 0 aliphatic carbocycles. The Bertz CT molecular complexity index is 674. The molecule has 0 radical (unpaired) electrons. The Labute approximate surface area is 108 Å². The molecule has 0 spiro atoms. The fraction of sp³-hybridized carbons (Fsp3) is 0. The van der Waals surface area contributed by atoms with Crippen LogP contribution in [0.2, 0.25) is 0 Å². The van der Waals surface area contributed by atoms with E-state index < -0.39 is 0 Å². The van der Waals surface area contributed by atoms with Crippen molar-refractivity contribution in [3.63, 3.8) is 0 Å². The highest BCUT2D eigenvalue weighted by atomic mass is 16.1. The zero-order valence-electron chi connectivity index (χ0n) is 9.79. The minimum absolute atomic E-state index is 0.240. The van der Waals surface area contributed by atoms with Gasteiger partial charge in [-0.2, -0.15) is 10.2 Å². The number of carbonyl (C=O) groups is 1. The highest BCUT2D eigenvalue weighted by Gasteiger charge is 2.14. The van der Waals surface area contributed by atoms with Gasteiger partial charge in [0.1, 0.15) is 12.1 Å². The van der Waals surface area contributed by atoms with Gasteiger partial charge in [0, 0.05) is 11.6 Å². The summed E-state index contributed by atoms with van der Waals surface area (Å²) in [7, 11) is 0. The second-order valence-corrected chi connectivity index (χ2v) is 3.80. The Hall–Kier alpha value is -2.96. The quantitative estimate of drug-likeness (QED) is 0.658. The molecule has 3 N–H and O–H groups in total. The number of nitrogens with zero attached hydrogens (tertiary/aromatic N) is 3. The molecule has 0 aliphatic heterocycles. The van der Waals surface area contributed by atoms with E-state index >= 15 is 0 Å². The first kappa shape index (κ1) is 11.1. The molecule has 3 aromatic rings. The fourth-order valence-corrected chi connectivity index (χ4v) is 1.74. The van der Waals surface area contributed by atoms with Crippen LogP contribution in [0.4, 0.5) is 5.82 Å². The molecule has 0 saturated heterocycles. The van der Waals surface area contributed by atoms with Crippen molar-refractivity contribution in [1.82, 2.24) is 25.4 Å². The number of carbonyl (C=O) groups excluding carboxylic acids is 1. The van der Waals surface area contributed by atoms with E-state index in [4.69, 9.17) is 0 Å². The lowest BCUT2D eigenvalue weighted by Gasteiger charge is -2.06. The molecule has 2 aromatic heterocycles. The van der Waals surface area contributed by atoms with E-state index in [1.807, 2.05) is 12.1 Å². The number of hydrogen-bond acceptors (Lipinski definition) is 4. The van der Waals surface area contributed by atoms with Gasteiger partial charge in [-0.1, -0.05) is 18.2 Å². The molecule has 1 amide bonds. The third kappa shape index (κ3) is 2.21. The molecule has 3 rings (SSSR count). The van der Waals surface area contributed by atoms with Crippen LogP contribution in [-0.2, 0) is 0 Å². The highest BCUT2D eigenvalue weighted by Crippen LogP contribution is 2.20. The summed E-state index contributed by atoms with van der Waals surface area (Å²) in [6.07, 6.45) is 2.97. The van der Waals surface area contributed by atoms with E-state index in [-0.39, 0.29) is 5.91 Å². The molecule has 0 bridgehead atoms. The molecule has 0 saturated carbocycles. The number of anilines is 1. The van der Waals surface area contributed by atoms with E-state index in [2.05, 4.69) is 30.7 Å². The maximum absolute atomic E-state index is 12.2. The van der Waals surface area contributed by atoms with Gasteiger partial charge in [-0.05, 0) is 6.07 Å². The van der Waals surface area contributed by atoms with Crippen molar-refractivity contribution in [1.29, 1.82) is 0 Å². The Balaban J connectivity index is 1.94. The molecule has 1 aromatic carbocycles. The Kier molecular flexibility index (Phi) is 2.77. The number of aromatic nitrogens is 5. The Morgan fingerprint density at radius 1 is 1.11 bits per heavy atom. The van der Waals surface area contributed by atoms with Crippen LogP contribution in [0.15, 0.2) is 42.9 Å². The van der Waals surface area contributed by atoms with Crippen molar-refractivity contribution in [2.75, 3.05) is 5.32 Å². The second-order valence-electron chi connectivity index (χ2n) is 3.80. The summed E-state index contributed by atoms with van der Waals surface area (Å²) < 4.78 is 0. The van der Waals surface area contributed by atoms with Gasteiger partial charge in [0.25, 0.3) is 5.91 Å². The highest BCUT2D eigenvalue weighted by molar-refractivity contribution is 6.07. The predicted molar refractivity (Wildman–Crippen MR) is 68.4 cm³/mol. The van der Waals surface area contributed by atoms with Crippen molar-refractivity contribution >= 4 is 11.7 Å². The van der Waals surface area contributed by atoms with Gasteiger partial charge in [0.05, 0.1) is 11.8 Å². The molecular weight excluding hydrogens is 244 g/mol. The minimum Gasteiger partial charge on any atom is -0.307 e. The molecule has 7 nitrogen and oxygen atoms in total. The summed E-state index contributed by atoms with van der Waals surface area (Å²) in [6.45, 7) is 0. The Morgan fingerprint density at radius 3 is 2.74 bits per heavy atom. The third-order valence-corrected chi connectivity index (χ3v) is 2.59. The lowest BCUT2D eigenvalue weighted by atomic mass is 10.1. The smallest absolute Gasteiger partial charge is 0.257 e.